The molecule has 2 atom stereocenters. The predicted molar refractivity (Wildman–Crippen MR) is 123 cm³/mol. The van der Waals surface area contributed by atoms with Crippen molar-refractivity contribution in [1.82, 2.24) is 10.3 Å². The first-order valence-electron chi connectivity index (χ1n) is 10.2. The number of halogens is 1. The molecule has 1 aromatic heterocycles. The SMILES string of the molecule is CC1=CC=C(NC(c2cc(C)ccc2Cl)c2ccc3cccnc3c2O)C2CC2=C1. The number of aryl methyl sites for hydroxylation is 1. The van der Waals surface area contributed by atoms with E-state index in [4.69, 9.17) is 11.6 Å². The highest BCUT2D eigenvalue weighted by molar-refractivity contribution is 6.31. The Morgan fingerprint density at radius 2 is 1.97 bits per heavy atom. The van der Waals surface area contributed by atoms with Crippen molar-refractivity contribution in [2.45, 2.75) is 26.3 Å². The van der Waals surface area contributed by atoms with Crippen LogP contribution in [0.2, 0.25) is 5.02 Å². The predicted octanol–water partition coefficient (Wildman–Crippen LogP) is 6.37. The second-order valence-corrected chi connectivity index (χ2v) is 8.60. The first kappa shape index (κ1) is 19.0. The van der Waals surface area contributed by atoms with Gasteiger partial charge >= 0.3 is 0 Å². The lowest BCUT2D eigenvalue weighted by Crippen LogP contribution is -2.23. The molecule has 3 aromatic rings. The van der Waals surface area contributed by atoms with Crippen LogP contribution < -0.4 is 5.32 Å². The van der Waals surface area contributed by atoms with E-state index in [0.717, 1.165) is 34.2 Å². The molecule has 1 fully saturated rings. The topological polar surface area (TPSA) is 45.2 Å². The van der Waals surface area contributed by atoms with E-state index in [1.54, 1.807) is 6.20 Å². The monoisotopic (exact) mass is 414 g/mol. The fraction of sp³-hybridized carbons (Fsp3) is 0.192. The molecule has 0 aliphatic heterocycles. The molecule has 4 heteroatoms. The summed E-state index contributed by atoms with van der Waals surface area (Å²) in [5, 5.41) is 16.5. The van der Waals surface area contributed by atoms with E-state index in [-0.39, 0.29) is 11.8 Å². The fourth-order valence-electron chi connectivity index (χ4n) is 4.22. The third-order valence-corrected chi connectivity index (χ3v) is 6.25. The maximum absolute atomic E-state index is 11.2. The summed E-state index contributed by atoms with van der Waals surface area (Å²) in [7, 11) is 0. The van der Waals surface area contributed by atoms with Crippen LogP contribution >= 0.6 is 11.6 Å². The van der Waals surface area contributed by atoms with E-state index < -0.39 is 0 Å². The number of hydrogen-bond donors (Lipinski definition) is 2. The lowest BCUT2D eigenvalue weighted by Gasteiger charge is -2.25. The molecule has 1 heterocycles. The normalized spacial score (nSPS) is 18.6. The maximum Gasteiger partial charge on any atom is 0.147 e. The number of benzene rings is 2. The van der Waals surface area contributed by atoms with Crippen LogP contribution in [-0.2, 0) is 0 Å². The molecule has 30 heavy (non-hydrogen) atoms. The van der Waals surface area contributed by atoms with E-state index in [2.05, 4.69) is 48.4 Å². The molecule has 0 amide bonds. The molecule has 5 rings (SSSR count). The van der Waals surface area contributed by atoms with Crippen molar-refractivity contribution in [2.75, 3.05) is 0 Å². The zero-order valence-corrected chi connectivity index (χ0v) is 17.7. The maximum atomic E-state index is 11.2. The second kappa shape index (κ2) is 7.33. The minimum Gasteiger partial charge on any atom is -0.505 e. The Labute approximate surface area is 181 Å². The standard InChI is InChI=1S/C26H23ClN2O/c1-15-6-10-23(20-14-18(20)12-15)29-25(21-13-16(2)5-9-22(21)27)19-8-7-17-4-3-11-28-24(17)26(19)30/h3-13,20,25,29-30H,14H2,1-2H3. The number of phenols is 1. The first-order valence-corrected chi connectivity index (χ1v) is 10.6. The number of nitrogens with zero attached hydrogens (tertiary/aromatic N) is 1. The Morgan fingerprint density at radius 3 is 2.83 bits per heavy atom. The van der Waals surface area contributed by atoms with Gasteiger partial charge in [-0.25, -0.2) is 0 Å². The molecule has 0 radical (unpaired) electrons. The van der Waals surface area contributed by atoms with Crippen LogP contribution in [0.3, 0.4) is 0 Å². The van der Waals surface area contributed by atoms with Gasteiger partial charge in [0.15, 0.2) is 0 Å². The van der Waals surface area contributed by atoms with Gasteiger partial charge < -0.3 is 10.4 Å². The summed E-state index contributed by atoms with van der Waals surface area (Å²) in [6, 6.07) is 13.5. The summed E-state index contributed by atoms with van der Waals surface area (Å²) >= 11 is 6.65. The number of phenolic OH excluding ortho intramolecular Hbond substituents is 1. The Balaban J connectivity index is 1.65. The van der Waals surface area contributed by atoms with Gasteiger partial charge in [0.05, 0.1) is 6.04 Å². The molecule has 0 bridgehead atoms. The highest BCUT2D eigenvalue weighted by Gasteiger charge is 2.35. The van der Waals surface area contributed by atoms with Crippen LogP contribution in [0.4, 0.5) is 0 Å². The van der Waals surface area contributed by atoms with Crippen LogP contribution in [0.25, 0.3) is 10.9 Å². The average Bonchev–Trinajstić information content (AvgIpc) is 3.51. The quantitative estimate of drug-likeness (QED) is 0.521. The molecule has 2 N–H and O–H groups in total. The summed E-state index contributed by atoms with van der Waals surface area (Å²) in [6.07, 6.45) is 9.34. The summed E-state index contributed by atoms with van der Waals surface area (Å²) in [5.41, 5.74) is 7.29. The van der Waals surface area contributed by atoms with Gasteiger partial charge in [-0.3, -0.25) is 4.98 Å². The van der Waals surface area contributed by atoms with E-state index in [1.165, 1.54) is 11.1 Å². The molecule has 2 aliphatic carbocycles. The molecule has 3 nitrogen and oxygen atoms in total. The Bertz CT molecular complexity index is 1260. The largest absolute Gasteiger partial charge is 0.505 e. The van der Waals surface area contributed by atoms with Gasteiger partial charge in [-0.05, 0) is 44.0 Å². The minimum atomic E-state index is -0.288. The van der Waals surface area contributed by atoms with E-state index in [9.17, 15) is 5.11 Å². The van der Waals surface area contributed by atoms with Crippen LogP contribution in [0.15, 0.2) is 83.7 Å². The molecular formula is C26H23ClN2O. The van der Waals surface area contributed by atoms with Gasteiger partial charge in [0, 0.05) is 33.8 Å². The van der Waals surface area contributed by atoms with E-state index in [1.807, 2.05) is 36.4 Å². The highest BCUT2D eigenvalue weighted by Crippen LogP contribution is 2.46. The lowest BCUT2D eigenvalue weighted by molar-refractivity contribution is 0.465. The van der Waals surface area contributed by atoms with Crippen molar-refractivity contribution >= 4 is 22.5 Å². The minimum absolute atomic E-state index is 0.190. The number of fused-ring (bicyclic) bond motifs is 2. The third kappa shape index (κ3) is 3.40. The van der Waals surface area contributed by atoms with Crippen molar-refractivity contribution in [1.29, 1.82) is 0 Å². The van der Waals surface area contributed by atoms with Crippen molar-refractivity contribution in [3.63, 3.8) is 0 Å². The molecule has 2 aliphatic rings. The van der Waals surface area contributed by atoms with Crippen molar-refractivity contribution in [3.8, 4) is 5.75 Å². The molecular weight excluding hydrogens is 392 g/mol. The van der Waals surface area contributed by atoms with Crippen molar-refractivity contribution in [2.24, 2.45) is 5.92 Å². The van der Waals surface area contributed by atoms with Crippen LogP contribution in [-0.4, -0.2) is 10.1 Å². The molecule has 0 saturated heterocycles. The molecule has 150 valence electrons. The number of hydrogen-bond acceptors (Lipinski definition) is 3. The Hall–Kier alpha value is -3.04. The summed E-state index contributed by atoms with van der Waals surface area (Å²) in [4.78, 5) is 4.41. The zero-order chi connectivity index (χ0) is 20.8. The van der Waals surface area contributed by atoms with Gasteiger partial charge in [0.2, 0.25) is 0 Å². The van der Waals surface area contributed by atoms with E-state index >= 15 is 0 Å². The van der Waals surface area contributed by atoms with Crippen LogP contribution in [0.5, 0.6) is 5.75 Å². The molecule has 2 unspecified atom stereocenters. The molecule has 2 aromatic carbocycles. The van der Waals surface area contributed by atoms with Gasteiger partial charge in [-0.1, -0.05) is 70.8 Å². The number of pyridine rings is 1. The average molecular weight is 415 g/mol. The number of allylic oxidation sites excluding steroid dienone is 5. The number of nitrogens with one attached hydrogen (secondary N) is 1. The van der Waals surface area contributed by atoms with Gasteiger partial charge in [0.1, 0.15) is 11.3 Å². The number of rotatable bonds is 4. The summed E-state index contributed by atoms with van der Waals surface area (Å²) in [6.45, 7) is 4.18. The Kier molecular flexibility index (Phi) is 4.63. The highest BCUT2D eigenvalue weighted by atomic mass is 35.5. The first-order chi connectivity index (χ1) is 14.5. The van der Waals surface area contributed by atoms with E-state index in [0.29, 0.717) is 16.5 Å². The van der Waals surface area contributed by atoms with Crippen molar-refractivity contribution in [3.05, 3.63) is 105 Å². The summed E-state index contributed by atoms with van der Waals surface area (Å²) < 4.78 is 0. The van der Waals surface area contributed by atoms with Gasteiger partial charge in [-0.2, -0.15) is 0 Å². The number of aromatic hydroxyl groups is 1. The Morgan fingerprint density at radius 1 is 1.10 bits per heavy atom. The van der Waals surface area contributed by atoms with Gasteiger partial charge in [0.25, 0.3) is 0 Å². The van der Waals surface area contributed by atoms with Crippen molar-refractivity contribution < 1.29 is 5.11 Å². The fourth-order valence-corrected chi connectivity index (χ4v) is 4.45. The third-order valence-electron chi connectivity index (χ3n) is 5.91. The van der Waals surface area contributed by atoms with Gasteiger partial charge in [-0.15, -0.1) is 0 Å². The lowest BCUT2D eigenvalue weighted by atomic mass is 9.94. The van der Waals surface area contributed by atoms with Crippen LogP contribution in [0, 0.1) is 12.8 Å². The molecule has 1 saturated carbocycles. The molecule has 0 spiro atoms. The summed E-state index contributed by atoms with van der Waals surface area (Å²) in [5.74, 6) is 0.598. The number of aromatic nitrogens is 1. The zero-order valence-electron chi connectivity index (χ0n) is 17.0. The van der Waals surface area contributed by atoms with Crippen LogP contribution in [0.1, 0.15) is 36.1 Å². The smallest absolute Gasteiger partial charge is 0.147 e. The second-order valence-electron chi connectivity index (χ2n) is 8.19.